The van der Waals surface area contributed by atoms with E-state index in [2.05, 4.69) is 6.92 Å². The number of rotatable bonds is 5. The molecule has 0 atom stereocenters. The van der Waals surface area contributed by atoms with Crippen LogP contribution in [0.1, 0.15) is 30.3 Å². The van der Waals surface area contributed by atoms with E-state index in [0.29, 0.717) is 50.9 Å². The first-order chi connectivity index (χ1) is 17.7. The topological polar surface area (TPSA) is 121 Å². The normalized spacial score (nSPS) is 19.5. The number of carbonyl (C=O) groups excluding carboxylic acids is 3. The predicted molar refractivity (Wildman–Crippen MR) is 133 cm³/mol. The maximum Gasteiger partial charge on any atom is 0.289 e. The summed E-state index contributed by atoms with van der Waals surface area (Å²) in [6.45, 7) is 3.85. The molecule has 0 saturated carbocycles. The minimum Gasteiger partial charge on any atom is -0.482 e. The van der Waals surface area contributed by atoms with Gasteiger partial charge in [0.05, 0.1) is 16.8 Å². The minimum atomic E-state index is -3.74. The van der Waals surface area contributed by atoms with Crippen molar-refractivity contribution in [1.29, 1.82) is 0 Å². The first-order valence-corrected chi connectivity index (χ1v) is 13.9. The summed E-state index contributed by atoms with van der Waals surface area (Å²) in [5.41, 5.74) is 0.266. The lowest BCUT2D eigenvalue weighted by atomic mass is 10.0. The van der Waals surface area contributed by atoms with E-state index in [1.54, 1.807) is 21.9 Å². The van der Waals surface area contributed by atoms with E-state index in [9.17, 15) is 22.8 Å². The van der Waals surface area contributed by atoms with Gasteiger partial charge in [0.25, 0.3) is 11.8 Å². The van der Waals surface area contributed by atoms with Gasteiger partial charge >= 0.3 is 0 Å². The molecule has 4 heterocycles. The Morgan fingerprint density at radius 1 is 1.00 bits per heavy atom. The van der Waals surface area contributed by atoms with Gasteiger partial charge in [0, 0.05) is 39.3 Å². The SMILES string of the molecule is CC1CCN(S(=O)(=O)c2ccc3c(c2)N(CC(=O)N2CCN(C(=O)c4ccco4)CC2)C(=O)CO3)CC1. The number of sulfonamides is 1. The number of hydrogen-bond acceptors (Lipinski definition) is 7. The van der Waals surface area contributed by atoms with Crippen molar-refractivity contribution in [3.05, 3.63) is 42.4 Å². The van der Waals surface area contributed by atoms with Crippen molar-refractivity contribution < 1.29 is 32.0 Å². The molecule has 2 saturated heterocycles. The maximum absolute atomic E-state index is 13.3. The minimum absolute atomic E-state index is 0.0709. The zero-order chi connectivity index (χ0) is 26.2. The Morgan fingerprint density at radius 3 is 2.38 bits per heavy atom. The van der Waals surface area contributed by atoms with E-state index in [1.165, 1.54) is 33.7 Å². The van der Waals surface area contributed by atoms with Crippen molar-refractivity contribution >= 4 is 33.4 Å². The second-order valence-electron chi connectivity index (χ2n) is 9.63. The zero-order valence-electron chi connectivity index (χ0n) is 20.7. The van der Waals surface area contributed by atoms with Gasteiger partial charge in [0.1, 0.15) is 12.3 Å². The number of furan rings is 1. The predicted octanol–water partition coefficient (Wildman–Crippen LogP) is 1.41. The van der Waals surface area contributed by atoms with Gasteiger partial charge in [0.15, 0.2) is 12.4 Å². The molecule has 3 aliphatic rings. The second kappa shape index (κ2) is 10.2. The third-order valence-corrected chi connectivity index (χ3v) is 9.09. The van der Waals surface area contributed by atoms with Crippen molar-refractivity contribution in [3.63, 3.8) is 0 Å². The smallest absolute Gasteiger partial charge is 0.289 e. The molecule has 11 nitrogen and oxygen atoms in total. The van der Waals surface area contributed by atoms with Crippen LogP contribution >= 0.6 is 0 Å². The fourth-order valence-corrected chi connectivity index (χ4v) is 6.33. The van der Waals surface area contributed by atoms with Gasteiger partial charge in [-0.15, -0.1) is 0 Å². The number of benzene rings is 1. The first kappa shape index (κ1) is 25.3. The molecule has 0 N–H and O–H groups in total. The fourth-order valence-electron chi connectivity index (χ4n) is 4.84. The van der Waals surface area contributed by atoms with Crippen molar-refractivity contribution in [2.45, 2.75) is 24.7 Å². The van der Waals surface area contributed by atoms with Crippen LogP contribution in [0.3, 0.4) is 0 Å². The first-order valence-electron chi connectivity index (χ1n) is 12.4. The van der Waals surface area contributed by atoms with Crippen LogP contribution in [0.25, 0.3) is 0 Å². The van der Waals surface area contributed by atoms with Crippen LogP contribution < -0.4 is 9.64 Å². The van der Waals surface area contributed by atoms with Crippen LogP contribution in [0.5, 0.6) is 5.75 Å². The molecule has 0 aliphatic carbocycles. The number of amides is 3. The lowest BCUT2D eigenvalue weighted by Gasteiger charge is -2.36. The van der Waals surface area contributed by atoms with Gasteiger partial charge in [-0.3, -0.25) is 19.3 Å². The summed E-state index contributed by atoms with van der Waals surface area (Å²) in [7, 11) is -3.74. The van der Waals surface area contributed by atoms with Crippen molar-refractivity contribution in [2.75, 3.05) is 57.3 Å². The zero-order valence-corrected chi connectivity index (χ0v) is 21.5. The summed E-state index contributed by atoms with van der Waals surface area (Å²) in [5, 5.41) is 0. The van der Waals surface area contributed by atoms with Gasteiger partial charge in [0.2, 0.25) is 15.9 Å². The van der Waals surface area contributed by atoms with Crippen LogP contribution in [0.2, 0.25) is 0 Å². The molecule has 2 fully saturated rings. The molecule has 0 radical (unpaired) electrons. The molecule has 0 bridgehead atoms. The number of fused-ring (bicyclic) bond motifs is 1. The Bertz CT molecular complexity index is 1280. The van der Waals surface area contributed by atoms with Crippen LogP contribution in [-0.2, 0) is 19.6 Å². The van der Waals surface area contributed by atoms with Crippen molar-refractivity contribution in [1.82, 2.24) is 14.1 Å². The van der Waals surface area contributed by atoms with Crippen LogP contribution in [-0.4, -0.2) is 92.7 Å². The molecular weight excluding hydrogens is 500 g/mol. The standard InChI is InChI=1S/C25H30N4O7S/c1-18-6-8-28(9-7-18)37(33,34)19-4-5-21-20(15-19)29(24(31)17-36-21)16-23(30)26-10-12-27(13-11-26)25(32)22-3-2-14-35-22/h2-5,14-15,18H,6-13,16-17H2,1H3. The number of carbonyl (C=O) groups is 3. The highest BCUT2D eigenvalue weighted by atomic mass is 32.2. The Kier molecular flexibility index (Phi) is 6.95. The number of anilines is 1. The lowest BCUT2D eigenvalue weighted by Crippen LogP contribution is -2.53. The van der Waals surface area contributed by atoms with Crippen LogP contribution in [0, 0.1) is 5.92 Å². The molecule has 5 rings (SSSR count). The van der Waals surface area contributed by atoms with E-state index in [0.717, 1.165) is 12.8 Å². The van der Waals surface area contributed by atoms with Gasteiger partial charge in [-0.25, -0.2) is 8.42 Å². The number of piperidine rings is 1. The Balaban J connectivity index is 1.28. The molecule has 0 spiro atoms. The van der Waals surface area contributed by atoms with E-state index in [1.807, 2.05) is 0 Å². The molecule has 198 valence electrons. The average Bonchev–Trinajstić information content (AvgIpc) is 3.45. The Morgan fingerprint density at radius 2 is 1.70 bits per heavy atom. The van der Waals surface area contributed by atoms with Crippen LogP contribution in [0.4, 0.5) is 5.69 Å². The van der Waals surface area contributed by atoms with Gasteiger partial charge in [-0.1, -0.05) is 6.92 Å². The number of nitrogens with zero attached hydrogens (tertiary/aromatic N) is 4. The molecular formula is C25H30N4O7S. The summed E-state index contributed by atoms with van der Waals surface area (Å²) in [5.74, 6) is 0.143. The number of ether oxygens (including phenoxy) is 1. The molecule has 3 amide bonds. The molecule has 1 aromatic heterocycles. The lowest BCUT2D eigenvalue weighted by molar-refractivity contribution is -0.133. The van der Waals surface area contributed by atoms with E-state index in [4.69, 9.17) is 9.15 Å². The van der Waals surface area contributed by atoms with E-state index in [-0.39, 0.29) is 41.3 Å². The third-order valence-electron chi connectivity index (χ3n) is 7.20. The Labute approximate surface area is 215 Å². The molecule has 37 heavy (non-hydrogen) atoms. The quantitative estimate of drug-likeness (QED) is 0.573. The highest BCUT2D eigenvalue weighted by Crippen LogP contribution is 2.35. The molecule has 1 aromatic carbocycles. The molecule has 0 unspecified atom stereocenters. The highest BCUT2D eigenvalue weighted by Gasteiger charge is 2.34. The summed E-state index contributed by atoms with van der Waals surface area (Å²) in [4.78, 5) is 43.0. The van der Waals surface area contributed by atoms with E-state index >= 15 is 0 Å². The molecule has 2 aromatic rings. The second-order valence-corrected chi connectivity index (χ2v) is 11.6. The average molecular weight is 531 g/mol. The summed E-state index contributed by atoms with van der Waals surface area (Å²) in [6.07, 6.45) is 3.04. The van der Waals surface area contributed by atoms with Gasteiger partial charge in [-0.2, -0.15) is 4.31 Å². The highest BCUT2D eigenvalue weighted by molar-refractivity contribution is 7.89. The largest absolute Gasteiger partial charge is 0.482 e. The van der Waals surface area contributed by atoms with Gasteiger partial charge < -0.3 is 19.0 Å². The third kappa shape index (κ3) is 5.08. The van der Waals surface area contributed by atoms with E-state index < -0.39 is 15.9 Å². The van der Waals surface area contributed by atoms with Crippen molar-refractivity contribution in [2.24, 2.45) is 5.92 Å². The maximum atomic E-state index is 13.3. The van der Waals surface area contributed by atoms with Gasteiger partial charge in [-0.05, 0) is 49.1 Å². The Hall–Kier alpha value is -3.38. The number of piperazine rings is 1. The van der Waals surface area contributed by atoms with Crippen molar-refractivity contribution in [3.8, 4) is 5.75 Å². The molecule has 3 aliphatic heterocycles. The summed E-state index contributed by atoms with van der Waals surface area (Å²) >= 11 is 0. The van der Waals surface area contributed by atoms with Crippen LogP contribution in [0.15, 0.2) is 45.9 Å². The summed E-state index contributed by atoms with van der Waals surface area (Å²) in [6, 6.07) is 7.69. The molecule has 12 heteroatoms. The summed E-state index contributed by atoms with van der Waals surface area (Å²) < 4.78 is 38.7. The monoisotopic (exact) mass is 530 g/mol. The fraction of sp³-hybridized carbons (Fsp3) is 0.480. The number of hydrogen-bond donors (Lipinski definition) is 0.